The Morgan fingerprint density at radius 1 is 1.15 bits per heavy atom. The summed E-state index contributed by atoms with van der Waals surface area (Å²) in [6.45, 7) is 1.57. The number of sulfonamides is 1. The van der Waals surface area contributed by atoms with Gasteiger partial charge in [-0.1, -0.05) is 12.1 Å². The van der Waals surface area contributed by atoms with Crippen LogP contribution in [0.2, 0.25) is 0 Å². The Kier molecular flexibility index (Phi) is 5.31. The van der Waals surface area contributed by atoms with Crippen LogP contribution in [0.1, 0.15) is 23.2 Å². The Bertz CT molecular complexity index is 795. The lowest BCUT2D eigenvalue weighted by Gasteiger charge is -2.41. The number of amides is 1. The number of nitrogens with zero attached hydrogens (tertiary/aromatic N) is 2. The molecule has 2 fully saturated rings. The summed E-state index contributed by atoms with van der Waals surface area (Å²) in [6.07, 6.45) is 0.954. The molecule has 0 bridgehead atoms. The molecule has 0 saturated carbocycles. The number of hydrogen-bond acceptors (Lipinski definition) is 5. The Hall–Kier alpha value is -1.97. The van der Waals surface area contributed by atoms with E-state index in [1.54, 1.807) is 12.0 Å². The van der Waals surface area contributed by atoms with Crippen molar-refractivity contribution in [3.63, 3.8) is 0 Å². The monoisotopic (exact) mass is 382 g/mol. The predicted octanol–water partition coefficient (Wildman–Crippen LogP) is 0.643. The number of carbonyl (C=O) groups excluding carboxylic acids is 1. The Labute approximate surface area is 152 Å². The van der Waals surface area contributed by atoms with Crippen molar-refractivity contribution in [2.75, 3.05) is 33.3 Å². The van der Waals surface area contributed by atoms with E-state index in [1.807, 2.05) is 0 Å². The minimum absolute atomic E-state index is 0.0429. The number of carboxylic acids is 1. The fourth-order valence-electron chi connectivity index (χ4n) is 3.38. The van der Waals surface area contributed by atoms with Crippen molar-refractivity contribution >= 4 is 21.9 Å². The topological polar surface area (TPSA) is 104 Å². The van der Waals surface area contributed by atoms with Gasteiger partial charge in [0.15, 0.2) is 0 Å². The number of methoxy groups -OCH3 is 1. The lowest BCUT2D eigenvalue weighted by atomic mass is 9.95. The third-order valence-corrected chi connectivity index (χ3v) is 6.99. The van der Waals surface area contributed by atoms with Crippen molar-refractivity contribution in [1.29, 1.82) is 0 Å². The maximum atomic E-state index is 12.8. The zero-order chi connectivity index (χ0) is 18.9. The van der Waals surface area contributed by atoms with Crippen LogP contribution < -0.4 is 0 Å². The molecule has 0 aromatic heterocycles. The van der Waals surface area contributed by atoms with Gasteiger partial charge in [0.2, 0.25) is 15.9 Å². The maximum Gasteiger partial charge on any atom is 0.337 e. The normalized spacial score (nSPS) is 20.0. The highest BCUT2D eigenvalue weighted by molar-refractivity contribution is 7.89. The van der Waals surface area contributed by atoms with Crippen LogP contribution in [-0.2, 0) is 19.6 Å². The molecule has 2 saturated heterocycles. The van der Waals surface area contributed by atoms with Gasteiger partial charge in [-0.2, -0.15) is 4.31 Å². The summed E-state index contributed by atoms with van der Waals surface area (Å²) in [4.78, 5) is 25.3. The first kappa shape index (κ1) is 18.8. The predicted molar refractivity (Wildman–Crippen MR) is 92.3 cm³/mol. The van der Waals surface area contributed by atoms with Crippen LogP contribution in [0.25, 0.3) is 0 Å². The molecular weight excluding hydrogens is 360 g/mol. The number of rotatable bonds is 5. The van der Waals surface area contributed by atoms with Crippen LogP contribution in [0.15, 0.2) is 29.2 Å². The molecule has 0 unspecified atom stereocenters. The van der Waals surface area contributed by atoms with Crippen molar-refractivity contribution in [2.24, 2.45) is 5.92 Å². The van der Waals surface area contributed by atoms with E-state index < -0.39 is 16.0 Å². The fraction of sp³-hybridized carbons (Fsp3) is 0.529. The molecular formula is C17H22N2O6S. The summed E-state index contributed by atoms with van der Waals surface area (Å²) in [5.74, 6) is -1.44. The lowest BCUT2D eigenvalue weighted by Crippen LogP contribution is -2.57. The van der Waals surface area contributed by atoms with Crippen molar-refractivity contribution in [2.45, 2.75) is 23.8 Å². The van der Waals surface area contributed by atoms with E-state index in [-0.39, 0.29) is 41.5 Å². The molecule has 0 spiro atoms. The molecule has 0 atom stereocenters. The molecule has 2 aliphatic heterocycles. The van der Waals surface area contributed by atoms with E-state index >= 15 is 0 Å². The Morgan fingerprint density at radius 3 is 2.35 bits per heavy atom. The van der Waals surface area contributed by atoms with Gasteiger partial charge in [-0.15, -0.1) is 0 Å². The van der Waals surface area contributed by atoms with Gasteiger partial charge in [-0.25, -0.2) is 13.2 Å². The number of aromatic carboxylic acids is 1. The van der Waals surface area contributed by atoms with E-state index in [0.717, 1.165) is 0 Å². The molecule has 2 heterocycles. The highest BCUT2D eigenvalue weighted by atomic mass is 32.2. The van der Waals surface area contributed by atoms with Gasteiger partial charge < -0.3 is 14.7 Å². The average molecular weight is 382 g/mol. The minimum Gasteiger partial charge on any atom is -0.478 e. The number of carboxylic acid groups (broad SMARTS) is 1. The standard InChI is InChI=1S/C17H22N2O6S/c1-25-13-10-18(11-13)16(20)12-6-8-19(9-7-12)26(23,24)15-5-3-2-4-14(15)17(21)22/h2-5,12-13H,6-11H2,1H3,(H,21,22). The van der Waals surface area contributed by atoms with Crippen LogP contribution in [0.3, 0.4) is 0 Å². The fourth-order valence-corrected chi connectivity index (χ4v) is 5.03. The molecule has 1 amide bonds. The van der Waals surface area contributed by atoms with Crippen LogP contribution in [0.4, 0.5) is 0 Å². The average Bonchev–Trinajstić information content (AvgIpc) is 2.60. The third kappa shape index (κ3) is 3.46. The number of piperidine rings is 1. The van der Waals surface area contributed by atoms with Crippen LogP contribution in [0, 0.1) is 5.92 Å². The van der Waals surface area contributed by atoms with Crippen molar-refractivity contribution in [3.8, 4) is 0 Å². The van der Waals surface area contributed by atoms with Crippen molar-refractivity contribution in [1.82, 2.24) is 9.21 Å². The van der Waals surface area contributed by atoms with Gasteiger partial charge in [0, 0.05) is 39.2 Å². The zero-order valence-electron chi connectivity index (χ0n) is 14.5. The molecule has 3 rings (SSSR count). The Balaban J connectivity index is 1.66. The summed E-state index contributed by atoms with van der Waals surface area (Å²) >= 11 is 0. The number of hydrogen-bond donors (Lipinski definition) is 1. The molecule has 8 nitrogen and oxygen atoms in total. The quantitative estimate of drug-likeness (QED) is 0.802. The zero-order valence-corrected chi connectivity index (χ0v) is 15.3. The van der Waals surface area contributed by atoms with E-state index in [0.29, 0.717) is 25.9 Å². The number of carbonyl (C=O) groups is 2. The summed E-state index contributed by atoms with van der Waals surface area (Å²) in [6, 6.07) is 5.59. The minimum atomic E-state index is -3.90. The highest BCUT2D eigenvalue weighted by Crippen LogP contribution is 2.28. The molecule has 0 aliphatic carbocycles. The van der Waals surface area contributed by atoms with E-state index in [9.17, 15) is 23.1 Å². The van der Waals surface area contributed by atoms with Crippen LogP contribution >= 0.6 is 0 Å². The van der Waals surface area contributed by atoms with E-state index in [2.05, 4.69) is 0 Å². The molecule has 9 heteroatoms. The van der Waals surface area contributed by atoms with E-state index in [4.69, 9.17) is 4.74 Å². The molecule has 142 valence electrons. The van der Waals surface area contributed by atoms with Crippen LogP contribution in [-0.4, -0.2) is 74.0 Å². The Morgan fingerprint density at radius 2 is 1.77 bits per heavy atom. The molecule has 2 aliphatic rings. The maximum absolute atomic E-state index is 12.8. The van der Waals surface area contributed by atoms with Gasteiger partial charge in [0.25, 0.3) is 0 Å². The molecule has 1 aromatic rings. The number of likely N-dealkylation sites (tertiary alicyclic amines) is 1. The van der Waals surface area contributed by atoms with Gasteiger partial charge in [-0.05, 0) is 25.0 Å². The van der Waals surface area contributed by atoms with Gasteiger partial charge in [0.1, 0.15) is 0 Å². The largest absolute Gasteiger partial charge is 0.478 e. The number of benzene rings is 1. The summed E-state index contributed by atoms with van der Waals surface area (Å²) in [5, 5.41) is 9.24. The molecule has 26 heavy (non-hydrogen) atoms. The second-order valence-electron chi connectivity index (χ2n) is 6.58. The smallest absolute Gasteiger partial charge is 0.337 e. The lowest BCUT2D eigenvalue weighted by molar-refractivity contribution is -0.148. The van der Waals surface area contributed by atoms with E-state index in [1.165, 1.54) is 28.6 Å². The first-order chi connectivity index (χ1) is 12.3. The van der Waals surface area contributed by atoms with Gasteiger partial charge in [0.05, 0.1) is 16.6 Å². The summed E-state index contributed by atoms with van der Waals surface area (Å²) in [5.41, 5.74) is -0.239. The first-order valence-corrected chi connectivity index (χ1v) is 9.92. The molecule has 1 aromatic carbocycles. The van der Waals surface area contributed by atoms with Gasteiger partial charge in [-0.3, -0.25) is 4.79 Å². The van der Waals surface area contributed by atoms with Gasteiger partial charge >= 0.3 is 5.97 Å². The third-order valence-electron chi connectivity index (χ3n) is 5.03. The second-order valence-corrected chi connectivity index (χ2v) is 8.49. The summed E-state index contributed by atoms with van der Waals surface area (Å²) in [7, 11) is -2.29. The molecule has 0 radical (unpaired) electrons. The van der Waals surface area contributed by atoms with Crippen LogP contribution in [0.5, 0.6) is 0 Å². The summed E-state index contributed by atoms with van der Waals surface area (Å²) < 4.78 is 32.1. The van der Waals surface area contributed by atoms with Crippen molar-refractivity contribution in [3.05, 3.63) is 29.8 Å². The molecule has 1 N–H and O–H groups in total. The highest BCUT2D eigenvalue weighted by Gasteiger charge is 2.38. The second kappa shape index (κ2) is 7.34. The first-order valence-electron chi connectivity index (χ1n) is 8.48. The number of ether oxygens (including phenoxy) is 1. The van der Waals surface area contributed by atoms with Crippen molar-refractivity contribution < 1.29 is 27.9 Å². The SMILES string of the molecule is COC1CN(C(=O)C2CCN(S(=O)(=O)c3ccccc3C(=O)O)CC2)C1.